The van der Waals surface area contributed by atoms with Crippen molar-refractivity contribution in [2.24, 2.45) is 0 Å². The van der Waals surface area contributed by atoms with Gasteiger partial charge in [0.25, 0.3) is 5.91 Å². The van der Waals surface area contributed by atoms with Crippen molar-refractivity contribution >= 4 is 49.9 Å². The second-order valence-corrected chi connectivity index (χ2v) is 10.9. The van der Waals surface area contributed by atoms with Crippen molar-refractivity contribution in [2.45, 2.75) is 32.0 Å². The minimum absolute atomic E-state index is 0.00296. The maximum absolute atomic E-state index is 12.6. The molecule has 0 atom stereocenters. The van der Waals surface area contributed by atoms with E-state index in [1.54, 1.807) is 0 Å². The van der Waals surface area contributed by atoms with Crippen molar-refractivity contribution in [3.05, 3.63) is 57.4 Å². The molecule has 1 aromatic carbocycles. The third-order valence-electron chi connectivity index (χ3n) is 4.82. The Hall–Kier alpha value is -3.00. The normalized spacial score (nSPS) is 11.9. The van der Waals surface area contributed by atoms with E-state index in [4.69, 9.17) is 11.6 Å². The number of aryl methyl sites for hydroxylation is 2. The van der Waals surface area contributed by atoms with Crippen molar-refractivity contribution in [3.8, 4) is 11.8 Å². The lowest BCUT2D eigenvalue weighted by atomic mass is 10.1. The number of carbonyl (C=O) groups excluding carboxylic acids is 1. The van der Waals surface area contributed by atoms with Crippen LogP contribution in [0.3, 0.4) is 0 Å². The van der Waals surface area contributed by atoms with E-state index in [-0.39, 0.29) is 20.8 Å². The van der Waals surface area contributed by atoms with Gasteiger partial charge >= 0.3 is 0 Å². The van der Waals surface area contributed by atoms with Crippen molar-refractivity contribution < 1.29 is 13.2 Å². The third-order valence-corrected chi connectivity index (χ3v) is 8.07. The number of halogens is 1. The largest absolute Gasteiger partial charge is 0.318 e. The van der Waals surface area contributed by atoms with Crippen LogP contribution in [0, 0.1) is 32.1 Å². The van der Waals surface area contributed by atoms with Crippen LogP contribution in [0.2, 0.25) is 5.02 Å². The second kappa shape index (κ2) is 9.24. The summed E-state index contributed by atoms with van der Waals surface area (Å²) in [4.78, 5) is 12.6. The summed E-state index contributed by atoms with van der Waals surface area (Å²) in [6.07, 6.45) is 1.48. The molecule has 3 aromatic rings. The van der Waals surface area contributed by atoms with Crippen LogP contribution >= 0.6 is 22.9 Å². The number of nitrogens with zero attached hydrogens (tertiary/aromatic N) is 4. The van der Waals surface area contributed by atoms with Crippen LogP contribution in [0.5, 0.6) is 0 Å². The summed E-state index contributed by atoms with van der Waals surface area (Å²) in [6.45, 7) is 7.28. The van der Waals surface area contributed by atoms with E-state index in [9.17, 15) is 18.5 Å². The first kappa shape index (κ1) is 23.7. The lowest BCUT2D eigenvalue weighted by Crippen LogP contribution is -2.13. The van der Waals surface area contributed by atoms with Gasteiger partial charge in [0.2, 0.25) is 19.3 Å². The molecule has 32 heavy (non-hydrogen) atoms. The highest BCUT2D eigenvalue weighted by atomic mass is 35.5. The summed E-state index contributed by atoms with van der Waals surface area (Å²) < 4.78 is 25.6. The van der Waals surface area contributed by atoms with E-state index in [1.807, 2.05) is 55.7 Å². The van der Waals surface area contributed by atoms with Crippen molar-refractivity contribution in [1.29, 1.82) is 5.26 Å². The predicted octanol–water partition coefficient (Wildman–Crippen LogP) is 4.25. The molecule has 8 nitrogen and oxygen atoms in total. The van der Waals surface area contributed by atoms with E-state index in [0.29, 0.717) is 10.6 Å². The Morgan fingerprint density at radius 1 is 1.28 bits per heavy atom. The molecule has 11 heteroatoms. The number of sulfone groups is 1. The topological polar surface area (TPSA) is 118 Å². The van der Waals surface area contributed by atoms with Gasteiger partial charge in [0.1, 0.15) is 11.6 Å². The van der Waals surface area contributed by atoms with Crippen LogP contribution in [0.4, 0.5) is 5.13 Å². The predicted molar refractivity (Wildman–Crippen MR) is 125 cm³/mol. The Kier molecular flexibility index (Phi) is 6.83. The fourth-order valence-electron chi connectivity index (χ4n) is 3.11. The molecule has 3 rings (SSSR count). The average Bonchev–Trinajstić information content (AvgIpc) is 3.32. The number of rotatable bonds is 6. The standard InChI is InChI=1S/C21H20ClN5O3S2/c1-5-32(29,30)21-26-25-20(31-21)24-19(28)16(11-23)9-15-8-13(3)27(14(15)4)18-10-17(22)7-6-12(18)2/h6-10H,5H2,1-4H3,(H,24,25,28)/b16-9-. The Balaban J connectivity index is 1.93. The minimum Gasteiger partial charge on any atom is -0.318 e. The lowest BCUT2D eigenvalue weighted by Gasteiger charge is -2.13. The number of hydrogen-bond acceptors (Lipinski definition) is 7. The molecular weight excluding hydrogens is 470 g/mol. The Morgan fingerprint density at radius 2 is 2.00 bits per heavy atom. The number of nitriles is 1. The minimum atomic E-state index is -3.53. The zero-order valence-corrected chi connectivity index (χ0v) is 20.2. The molecule has 0 saturated heterocycles. The first-order chi connectivity index (χ1) is 15.1. The lowest BCUT2D eigenvalue weighted by molar-refractivity contribution is -0.112. The molecule has 0 radical (unpaired) electrons. The van der Waals surface area contributed by atoms with E-state index < -0.39 is 15.7 Å². The fraction of sp³-hybridized carbons (Fsp3) is 0.238. The average molecular weight is 490 g/mol. The SMILES string of the molecule is CCS(=O)(=O)c1nnc(NC(=O)/C(C#N)=C\c2cc(C)n(-c3cc(Cl)ccc3C)c2C)s1. The first-order valence-corrected chi connectivity index (χ1v) is 12.4. The van der Waals surface area contributed by atoms with Gasteiger partial charge in [-0.1, -0.05) is 35.9 Å². The monoisotopic (exact) mass is 489 g/mol. The van der Waals surface area contributed by atoms with E-state index in [2.05, 4.69) is 15.5 Å². The summed E-state index contributed by atoms with van der Waals surface area (Å²) in [5.41, 5.74) is 4.23. The van der Waals surface area contributed by atoms with Crippen LogP contribution < -0.4 is 5.32 Å². The van der Waals surface area contributed by atoms with Crippen molar-refractivity contribution in [3.63, 3.8) is 0 Å². The Morgan fingerprint density at radius 3 is 2.66 bits per heavy atom. The Labute approximate surface area is 195 Å². The number of nitrogens with one attached hydrogen (secondary N) is 1. The van der Waals surface area contributed by atoms with Gasteiger partial charge in [-0.25, -0.2) is 8.42 Å². The van der Waals surface area contributed by atoms with Gasteiger partial charge in [-0.15, -0.1) is 10.2 Å². The van der Waals surface area contributed by atoms with E-state index in [0.717, 1.165) is 34.0 Å². The number of benzene rings is 1. The van der Waals surface area contributed by atoms with Crippen LogP contribution in [0.25, 0.3) is 11.8 Å². The number of anilines is 1. The zero-order chi connectivity index (χ0) is 23.6. The Bertz CT molecular complexity index is 1380. The molecule has 0 aliphatic rings. The van der Waals surface area contributed by atoms with Gasteiger partial charge < -0.3 is 4.57 Å². The molecule has 0 unspecified atom stereocenters. The maximum atomic E-state index is 12.6. The van der Waals surface area contributed by atoms with Gasteiger partial charge in [-0.2, -0.15) is 5.26 Å². The molecule has 166 valence electrons. The summed E-state index contributed by atoms with van der Waals surface area (Å²) in [5.74, 6) is -0.825. The maximum Gasteiger partial charge on any atom is 0.268 e. The second-order valence-electron chi connectivity index (χ2n) is 6.99. The molecule has 0 bridgehead atoms. The van der Waals surface area contributed by atoms with Gasteiger partial charge in [0, 0.05) is 22.1 Å². The molecule has 0 spiro atoms. The molecule has 2 heterocycles. The molecule has 0 aliphatic heterocycles. The number of aromatic nitrogens is 3. The summed E-state index contributed by atoms with van der Waals surface area (Å²) in [5, 5.41) is 19.9. The van der Waals surface area contributed by atoms with Crippen LogP contribution in [0.15, 0.2) is 34.2 Å². The first-order valence-electron chi connectivity index (χ1n) is 9.52. The molecular formula is C21H20ClN5O3S2. The van der Waals surface area contributed by atoms with Gasteiger partial charge in [-0.05, 0) is 56.2 Å². The highest BCUT2D eigenvalue weighted by molar-refractivity contribution is 7.93. The summed E-state index contributed by atoms with van der Waals surface area (Å²) >= 11 is 6.92. The number of hydrogen-bond donors (Lipinski definition) is 1. The van der Waals surface area contributed by atoms with Gasteiger partial charge in [0.05, 0.1) is 5.75 Å². The van der Waals surface area contributed by atoms with Crippen LogP contribution in [0.1, 0.15) is 29.4 Å². The highest BCUT2D eigenvalue weighted by Gasteiger charge is 2.20. The molecule has 1 N–H and O–H groups in total. The zero-order valence-electron chi connectivity index (χ0n) is 17.8. The smallest absolute Gasteiger partial charge is 0.268 e. The quantitative estimate of drug-likeness (QED) is 0.314. The van der Waals surface area contributed by atoms with Gasteiger partial charge in [0.15, 0.2) is 0 Å². The number of carbonyl (C=O) groups is 1. The van der Waals surface area contributed by atoms with Crippen molar-refractivity contribution in [1.82, 2.24) is 14.8 Å². The van der Waals surface area contributed by atoms with Crippen molar-refractivity contribution in [2.75, 3.05) is 11.1 Å². The molecule has 0 fully saturated rings. The summed E-state index contributed by atoms with van der Waals surface area (Å²) in [7, 11) is -3.53. The molecule has 2 aromatic heterocycles. The van der Waals surface area contributed by atoms with E-state index in [1.165, 1.54) is 13.0 Å². The molecule has 1 amide bonds. The van der Waals surface area contributed by atoms with Gasteiger partial charge in [-0.3, -0.25) is 10.1 Å². The summed E-state index contributed by atoms with van der Waals surface area (Å²) in [6, 6.07) is 9.37. The molecule has 0 saturated carbocycles. The fourth-order valence-corrected chi connectivity index (χ4v) is 5.26. The number of amides is 1. The highest BCUT2D eigenvalue weighted by Crippen LogP contribution is 2.27. The van der Waals surface area contributed by atoms with Crippen LogP contribution in [-0.2, 0) is 14.6 Å². The van der Waals surface area contributed by atoms with Crippen LogP contribution in [-0.4, -0.2) is 34.8 Å². The van der Waals surface area contributed by atoms with E-state index >= 15 is 0 Å². The molecule has 0 aliphatic carbocycles. The third kappa shape index (κ3) is 4.75.